The highest BCUT2D eigenvalue weighted by Crippen LogP contribution is 2.19. The Morgan fingerprint density at radius 3 is 2.73 bits per heavy atom. The molecule has 0 aliphatic heterocycles. The van der Waals surface area contributed by atoms with Crippen molar-refractivity contribution < 1.29 is 14.3 Å². The lowest BCUT2D eigenvalue weighted by atomic mass is 10.2. The van der Waals surface area contributed by atoms with Gasteiger partial charge in [0.05, 0.1) is 25.0 Å². The fourth-order valence-corrected chi connectivity index (χ4v) is 3.87. The SMILES string of the molecule is CCc1nnc(NC(=O)CSc2nnc(CNC(=O)c3ccccc3OC)n2C)s1. The number of amides is 2. The monoisotopic (exact) mass is 447 g/mol. The van der Waals surface area contributed by atoms with Crippen LogP contribution in [0.5, 0.6) is 5.75 Å². The van der Waals surface area contributed by atoms with E-state index in [0.29, 0.717) is 27.4 Å². The molecule has 2 N–H and O–H groups in total. The standard InChI is InChI=1S/C18H21N7O3S2/c1-4-15-22-23-17(30-15)20-14(26)10-29-18-24-21-13(25(18)2)9-19-16(27)11-7-5-6-8-12(11)28-3/h5-8H,4,9-10H2,1-3H3,(H,19,27)(H,20,23,26). The largest absolute Gasteiger partial charge is 0.496 e. The van der Waals surface area contributed by atoms with Crippen LogP contribution in [0, 0.1) is 0 Å². The van der Waals surface area contributed by atoms with Crippen LogP contribution in [0.25, 0.3) is 0 Å². The molecule has 0 saturated carbocycles. The fourth-order valence-electron chi connectivity index (χ4n) is 2.44. The zero-order chi connectivity index (χ0) is 21.5. The van der Waals surface area contributed by atoms with E-state index in [0.717, 1.165) is 11.4 Å². The highest BCUT2D eigenvalue weighted by molar-refractivity contribution is 7.99. The number of benzene rings is 1. The Bertz CT molecular complexity index is 1030. The van der Waals surface area contributed by atoms with Crippen molar-refractivity contribution in [2.45, 2.75) is 25.0 Å². The van der Waals surface area contributed by atoms with E-state index in [1.54, 1.807) is 35.9 Å². The molecule has 2 heterocycles. The number of thioether (sulfide) groups is 1. The first-order valence-electron chi connectivity index (χ1n) is 9.06. The van der Waals surface area contributed by atoms with E-state index in [1.807, 2.05) is 6.92 Å². The van der Waals surface area contributed by atoms with Crippen LogP contribution in [0.4, 0.5) is 5.13 Å². The average molecular weight is 448 g/mol. The van der Waals surface area contributed by atoms with E-state index in [2.05, 4.69) is 31.0 Å². The molecule has 0 unspecified atom stereocenters. The third-order valence-electron chi connectivity index (χ3n) is 4.03. The van der Waals surface area contributed by atoms with Gasteiger partial charge in [0, 0.05) is 7.05 Å². The van der Waals surface area contributed by atoms with Gasteiger partial charge < -0.3 is 14.6 Å². The molecule has 158 valence electrons. The minimum atomic E-state index is -0.271. The number of methoxy groups -OCH3 is 1. The number of ether oxygens (including phenoxy) is 1. The number of aromatic nitrogens is 5. The Morgan fingerprint density at radius 1 is 1.20 bits per heavy atom. The fraction of sp³-hybridized carbons (Fsp3) is 0.333. The van der Waals surface area contributed by atoms with Gasteiger partial charge in [0.1, 0.15) is 10.8 Å². The summed E-state index contributed by atoms with van der Waals surface area (Å²) in [6.45, 7) is 2.17. The van der Waals surface area contributed by atoms with E-state index in [1.165, 1.54) is 30.2 Å². The molecular formula is C18H21N7O3S2. The molecule has 0 aliphatic carbocycles. The zero-order valence-electron chi connectivity index (χ0n) is 16.7. The van der Waals surface area contributed by atoms with Crippen molar-refractivity contribution in [2.75, 3.05) is 18.2 Å². The number of rotatable bonds is 9. The Balaban J connectivity index is 1.52. The molecule has 0 spiro atoms. The van der Waals surface area contributed by atoms with Crippen molar-refractivity contribution in [3.05, 3.63) is 40.7 Å². The molecule has 0 fully saturated rings. The maximum atomic E-state index is 12.4. The van der Waals surface area contributed by atoms with Gasteiger partial charge >= 0.3 is 0 Å². The van der Waals surface area contributed by atoms with Gasteiger partial charge in [0.25, 0.3) is 5.91 Å². The van der Waals surface area contributed by atoms with Crippen LogP contribution in [-0.4, -0.2) is 49.6 Å². The van der Waals surface area contributed by atoms with E-state index in [-0.39, 0.29) is 24.1 Å². The Labute approximate surface area is 181 Å². The summed E-state index contributed by atoms with van der Waals surface area (Å²) in [5.41, 5.74) is 0.441. The molecule has 0 atom stereocenters. The second-order valence-corrected chi connectivity index (χ2v) is 8.04. The molecule has 3 rings (SSSR count). The Kier molecular flexibility index (Phi) is 7.36. The minimum Gasteiger partial charge on any atom is -0.496 e. The predicted octanol–water partition coefficient (Wildman–Crippen LogP) is 1.90. The van der Waals surface area contributed by atoms with Gasteiger partial charge in [0.2, 0.25) is 11.0 Å². The summed E-state index contributed by atoms with van der Waals surface area (Å²) in [5.74, 6) is 0.746. The van der Waals surface area contributed by atoms with Crippen LogP contribution in [0.1, 0.15) is 28.1 Å². The molecular weight excluding hydrogens is 426 g/mol. The number of para-hydroxylation sites is 1. The van der Waals surface area contributed by atoms with Crippen LogP contribution < -0.4 is 15.4 Å². The first-order chi connectivity index (χ1) is 14.5. The summed E-state index contributed by atoms with van der Waals surface area (Å²) >= 11 is 2.60. The topological polar surface area (TPSA) is 124 Å². The molecule has 2 amide bonds. The number of nitrogens with zero attached hydrogens (tertiary/aromatic N) is 5. The van der Waals surface area contributed by atoms with Crippen molar-refractivity contribution >= 4 is 40.0 Å². The van der Waals surface area contributed by atoms with Crippen molar-refractivity contribution in [1.29, 1.82) is 0 Å². The highest BCUT2D eigenvalue weighted by Gasteiger charge is 2.15. The van der Waals surface area contributed by atoms with Crippen LogP contribution in [0.3, 0.4) is 0 Å². The zero-order valence-corrected chi connectivity index (χ0v) is 18.3. The number of hydrogen-bond donors (Lipinski definition) is 2. The summed E-state index contributed by atoms with van der Waals surface area (Å²) in [5, 5.41) is 23.5. The maximum Gasteiger partial charge on any atom is 0.255 e. The third-order valence-corrected chi connectivity index (χ3v) is 6.03. The smallest absolute Gasteiger partial charge is 0.255 e. The normalized spacial score (nSPS) is 10.6. The molecule has 2 aromatic heterocycles. The van der Waals surface area contributed by atoms with Gasteiger partial charge in [-0.1, -0.05) is 42.2 Å². The van der Waals surface area contributed by atoms with Crippen LogP contribution in [0.15, 0.2) is 29.4 Å². The number of carbonyl (C=O) groups excluding carboxylic acids is 2. The summed E-state index contributed by atoms with van der Waals surface area (Å²) < 4.78 is 6.94. The number of aryl methyl sites for hydroxylation is 1. The second kappa shape index (κ2) is 10.2. The van der Waals surface area contributed by atoms with Gasteiger partial charge in [-0.3, -0.25) is 14.9 Å². The average Bonchev–Trinajstić information content (AvgIpc) is 3.36. The first-order valence-corrected chi connectivity index (χ1v) is 10.9. The second-order valence-electron chi connectivity index (χ2n) is 6.03. The quantitative estimate of drug-likeness (QED) is 0.477. The lowest BCUT2D eigenvalue weighted by Crippen LogP contribution is -2.25. The first kappa shape index (κ1) is 21.7. The molecule has 30 heavy (non-hydrogen) atoms. The third kappa shape index (κ3) is 5.33. The summed E-state index contributed by atoms with van der Waals surface area (Å²) in [6, 6.07) is 6.98. The van der Waals surface area contributed by atoms with Crippen molar-refractivity contribution in [2.24, 2.45) is 7.05 Å². The number of hydrogen-bond acceptors (Lipinski definition) is 9. The molecule has 1 aromatic carbocycles. The lowest BCUT2D eigenvalue weighted by molar-refractivity contribution is -0.113. The number of nitrogens with one attached hydrogen (secondary N) is 2. The van der Waals surface area contributed by atoms with Gasteiger partial charge in [-0.05, 0) is 18.6 Å². The van der Waals surface area contributed by atoms with Crippen molar-refractivity contribution in [3.63, 3.8) is 0 Å². The molecule has 10 nitrogen and oxygen atoms in total. The molecule has 0 radical (unpaired) electrons. The van der Waals surface area contributed by atoms with Crippen LogP contribution in [-0.2, 0) is 24.8 Å². The predicted molar refractivity (Wildman–Crippen MR) is 114 cm³/mol. The molecule has 12 heteroatoms. The lowest BCUT2D eigenvalue weighted by Gasteiger charge is -2.09. The van der Waals surface area contributed by atoms with E-state index < -0.39 is 0 Å². The maximum absolute atomic E-state index is 12.4. The van der Waals surface area contributed by atoms with Gasteiger partial charge in [-0.15, -0.1) is 20.4 Å². The highest BCUT2D eigenvalue weighted by atomic mass is 32.2. The van der Waals surface area contributed by atoms with Crippen molar-refractivity contribution in [3.8, 4) is 5.75 Å². The Hall–Kier alpha value is -2.99. The van der Waals surface area contributed by atoms with E-state index >= 15 is 0 Å². The number of anilines is 1. The van der Waals surface area contributed by atoms with Crippen molar-refractivity contribution in [1.82, 2.24) is 30.3 Å². The summed E-state index contributed by atoms with van der Waals surface area (Å²) in [7, 11) is 3.30. The molecule has 3 aromatic rings. The number of carbonyl (C=O) groups is 2. The van der Waals surface area contributed by atoms with E-state index in [4.69, 9.17) is 4.74 Å². The summed E-state index contributed by atoms with van der Waals surface area (Å²) in [6.07, 6.45) is 0.775. The van der Waals surface area contributed by atoms with Gasteiger partial charge in [-0.25, -0.2) is 0 Å². The van der Waals surface area contributed by atoms with Gasteiger partial charge in [0.15, 0.2) is 11.0 Å². The van der Waals surface area contributed by atoms with Gasteiger partial charge in [-0.2, -0.15) is 0 Å². The van der Waals surface area contributed by atoms with Crippen LogP contribution >= 0.6 is 23.1 Å². The molecule has 0 bridgehead atoms. The molecule has 0 aliphatic rings. The van der Waals surface area contributed by atoms with E-state index in [9.17, 15) is 9.59 Å². The van der Waals surface area contributed by atoms with Crippen LogP contribution in [0.2, 0.25) is 0 Å². The minimum absolute atomic E-state index is 0.153. The molecule has 0 saturated heterocycles. The Morgan fingerprint density at radius 2 is 2.00 bits per heavy atom. The summed E-state index contributed by atoms with van der Waals surface area (Å²) in [4.78, 5) is 24.5.